The molecule has 1 aliphatic heterocycles. The predicted octanol–water partition coefficient (Wildman–Crippen LogP) is 16.6. The fraction of sp³-hybridized carbons (Fsp3) is 0.826. The summed E-state index contributed by atoms with van der Waals surface area (Å²) in [6.07, 6.45) is 61.3. The molecule has 1 aliphatic rings. The highest BCUT2D eigenvalue weighted by Crippen LogP contribution is 2.26. The molecule has 0 aromatic carbocycles. The first kappa shape index (κ1) is 75.4. The van der Waals surface area contributed by atoms with Crippen molar-refractivity contribution in [3.8, 4) is 0 Å². The fourth-order valence-corrected chi connectivity index (χ4v) is 10.3. The van der Waals surface area contributed by atoms with Crippen molar-refractivity contribution in [2.24, 2.45) is 0 Å². The number of esters is 1. The number of unbranched alkanes of at least 4 members (excludes halogenated alkanes) is 35. The van der Waals surface area contributed by atoms with Crippen molar-refractivity contribution in [3.05, 3.63) is 60.8 Å². The van der Waals surface area contributed by atoms with Gasteiger partial charge in [-0.3, -0.25) is 9.59 Å². The van der Waals surface area contributed by atoms with E-state index in [4.69, 9.17) is 14.2 Å². The Morgan fingerprint density at radius 2 is 0.863 bits per heavy atom. The quantitative estimate of drug-likeness (QED) is 0.0195. The lowest BCUT2D eigenvalue weighted by Gasteiger charge is -2.41. The highest BCUT2D eigenvalue weighted by atomic mass is 16.7. The van der Waals surface area contributed by atoms with Gasteiger partial charge >= 0.3 is 5.97 Å². The number of amides is 1. The van der Waals surface area contributed by atoms with Crippen LogP contribution in [0.2, 0.25) is 0 Å². The number of carbonyl (C=O) groups is 2. The molecule has 11 nitrogen and oxygen atoms in total. The van der Waals surface area contributed by atoms with Crippen LogP contribution in [-0.2, 0) is 23.8 Å². The van der Waals surface area contributed by atoms with Crippen LogP contribution < -0.4 is 5.32 Å². The molecule has 0 aliphatic carbocycles. The molecule has 8 unspecified atom stereocenters. The molecule has 1 amide bonds. The van der Waals surface area contributed by atoms with Gasteiger partial charge in [-0.05, 0) is 89.9 Å². The summed E-state index contributed by atoms with van der Waals surface area (Å²) in [5.41, 5.74) is 0. The normalized spacial score (nSPS) is 19.1. The molecule has 1 rings (SSSR count). The van der Waals surface area contributed by atoms with E-state index in [2.05, 4.69) is 74.7 Å². The smallest absolute Gasteiger partial charge is 0.306 e. The van der Waals surface area contributed by atoms with Crippen LogP contribution in [0.15, 0.2) is 60.8 Å². The third-order valence-electron chi connectivity index (χ3n) is 15.6. The van der Waals surface area contributed by atoms with Gasteiger partial charge in [0.05, 0.1) is 25.4 Å². The van der Waals surface area contributed by atoms with Crippen LogP contribution in [0, 0.1) is 0 Å². The average Bonchev–Trinajstić information content (AvgIpc) is 3.46. The van der Waals surface area contributed by atoms with Gasteiger partial charge in [0.2, 0.25) is 5.91 Å². The Balaban J connectivity index is 2.54. The zero-order chi connectivity index (χ0) is 58.2. The third kappa shape index (κ3) is 44.0. The van der Waals surface area contributed by atoms with Crippen LogP contribution in [0.4, 0.5) is 0 Å². The number of rotatable bonds is 57. The Morgan fingerprint density at radius 3 is 1.32 bits per heavy atom. The molecule has 0 aromatic rings. The molecule has 0 aromatic heterocycles. The van der Waals surface area contributed by atoms with Crippen molar-refractivity contribution in [2.75, 3.05) is 13.2 Å². The van der Waals surface area contributed by atoms with Gasteiger partial charge in [0.1, 0.15) is 24.4 Å². The van der Waals surface area contributed by atoms with E-state index in [1.165, 1.54) is 186 Å². The number of hydrogen-bond donors (Lipinski definition) is 6. The molecule has 0 saturated carbocycles. The van der Waals surface area contributed by atoms with Crippen LogP contribution in [0.5, 0.6) is 0 Å². The first-order valence-corrected chi connectivity index (χ1v) is 33.6. The van der Waals surface area contributed by atoms with Crippen molar-refractivity contribution in [1.29, 1.82) is 0 Å². The topological polar surface area (TPSA) is 175 Å². The monoisotopic (exact) mass is 1130 g/mol. The fourth-order valence-electron chi connectivity index (χ4n) is 10.3. The molecule has 0 bridgehead atoms. The second-order valence-corrected chi connectivity index (χ2v) is 23.2. The van der Waals surface area contributed by atoms with Crippen LogP contribution in [0.3, 0.4) is 0 Å². The molecule has 1 heterocycles. The zero-order valence-corrected chi connectivity index (χ0v) is 51.7. The summed E-state index contributed by atoms with van der Waals surface area (Å²) in [7, 11) is 0. The summed E-state index contributed by atoms with van der Waals surface area (Å²) in [5.74, 6) is -1.21. The van der Waals surface area contributed by atoms with Crippen molar-refractivity contribution >= 4 is 11.9 Å². The Hall–Kier alpha value is -2.64. The second-order valence-electron chi connectivity index (χ2n) is 23.2. The lowest BCUT2D eigenvalue weighted by Crippen LogP contribution is -2.61. The van der Waals surface area contributed by atoms with E-state index in [9.17, 15) is 35.1 Å². The summed E-state index contributed by atoms with van der Waals surface area (Å²) in [6, 6.07) is -1.03. The highest BCUT2D eigenvalue weighted by Gasteiger charge is 2.47. The highest BCUT2D eigenvalue weighted by molar-refractivity contribution is 5.80. The van der Waals surface area contributed by atoms with Crippen LogP contribution in [-0.4, -0.2) is 99.6 Å². The Morgan fingerprint density at radius 1 is 0.487 bits per heavy atom. The Kier molecular flexibility index (Phi) is 53.5. The lowest BCUT2D eigenvalue weighted by molar-refractivity contribution is -0.305. The van der Waals surface area contributed by atoms with Crippen LogP contribution in [0.25, 0.3) is 0 Å². The van der Waals surface area contributed by atoms with E-state index >= 15 is 0 Å². The van der Waals surface area contributed by atoms with E-state index in [0.29, 0.717) is 12.8 Å². The average molecular weight is 1130 g/mol. The van der Waals surface area contributed by atoms with E-state index in [-0.39, 0.29) is 19.4 Å². The maximum Gasteiger partial charge on any atom is 0.306 e. The zero-order valence-electron chi connectivity index (χ0n) is 51.7. The lowest BCUT2D eigenvalue weighted by atomic mass is 9.99. The number of allylic oxidation sites excluding steroid dienone is 9. The van der Waals surface area contributed by atoms with Gasteiger partial charge in [0.15, 0.2) is 12.4 Å². The summed E-state index contributed by atoms with van der Waals surface area (Å²) < 4.78 is 17.6. The van der Waals surface area contributed by atoms with Crippen molar-refractivity contribution in [3.63, 3.8) is 0 Å². The number of nitrogens with one attached hydrogen (secondary N) is 1. The molecular formula is C69H125NO10. The van der Waals surface area contributed by atoms with Gasteiger partial charge in [-0.25, -0.2) is 0 Å². The Labute approximate surface area is 490 Å². The van der Waals surface area contributed by atoms with E-state index < -0.39 is 67.4 Å². The molecule has 8 atom stereocenters. The Bertz CT molecular complexity index is 1530. The van der Waals surface area contributed by atoms with Gasteiger partial charge in [0.25, 0.3) is 0 Å². The summed E-state index contributed by atoms with van der Waals surface area (Å²) >= 11 is 0. The molecule has 80 heavy (non-hydrogen) atoms. The molecule has 1 fully saturated rings. The minimum Gasteiger partial charge on any atom is -0.454 e. The number of hydrogen-bond acceptors (Lipinski definition) is 10. The molecular weight excluding hydrogens is 1000 g/mol. The maximum atomic E-state index is 13.4. The summed E-state index contributed by atoms with van der Waals surface area (Å²) in [4.78, 5) is 26.6. The number of aliphatic hydroxyl groups excluding tert-OH is 5. The van der Waals surface area contributed by atoms with E-state index in [1.54, 1.807) is 6.08 Å². The van der Waals surface area contributed by atoms with Gasteiger partial charge in [-0.1, -0.05) is 268 Å². The summed E-state index contributed by atoms with van der Waals surface area (Å²) in [6.45, 7) is 5.75. The van der Waals surface area contributed by atoms with E-state index in [0.717, 1.165) is 70.6 Å². The van der Waals surface area contributed by atoms with Crippen molar-refractivity contribution in [1.82, 2.24) is 5.32 Å². The predicted molar refractivity (Wildman–Crippen MR) is 333 cm³/mol. The first-order valence-electron chi connectivity index (χ1n) is 33.6. The van der Waals surface area contributed by atoms with Crippen molar-refractivity contribution < 1.29 is 49.3 Å². The molecule has 1 saturated heterocycles. The number of aliphatic hydroxyl groups is 5. The van der Waals surface area contributed by atoms with Crippen molar-refractivity contribution in [2.45, 2.75) is 352 Å². The van der Waals surface area contributed by atoms with Crippen LogP contribution in [0.1, 0.15) is 303 Å². The molecule has 0 spiro atoms. The SMILES string of the molecule is CCCCC/C=C\C/C=C\C/C=C\CCCCCCCCCCCCCCCCC(=O)OC1C(OCC(NC(=O)C(O)CCCC/C=C\CCCCCCCC)C(O)/C=C/CCCCCCCCCCCC)OC(CO)C(O)C1O. The molecule has 6 N–H and O–H groups in total. The van der Waals surface area contributed by atoms with Gasteiger partial charge < -0.3 is 45.1 Å². The van der Waals surface area contributed by atoms with Gasteiger partial charge in [-0.15, -0.1) is 0 Å². The standard InChI is InChI=1S/C69H125NO10/c1-4-7-10-13-16-19-22-25-26-27-28-29-30-31-32-33-34-35-36-37-38-39-42-45-48-51-54-57-64(74)80-67-66(76)65(75)63(58-71)79-69(67)78-59-60(61(72)55-52-49-46-43-40-23-20-17-14-11-8-5-2)70-68(77)62(73)56-53-50-47-44-41-24-21-18-15-12-9-6-3/h16,19,25-26,28-29,41,44,52,55,60-63,65-67,69,71-73,75-76H,4-15,17-18,20-24,27,30-40,42-43,45-51,53-54,56-59H2,1-3H3,(H,70,77)/b19-16-,26-25-,29-28-,44-41-,55-52+. The minimum absolute atomic E-state index is 0.121. The van der Waals surface area contributed by atoms with E-state index in [1.807, 2.05) is 6.08 Å². The summed E-state index contributed by atoms with van der Waals surface area (Å²) in [5, 5.41) is 57.0. The maximum absolute atomic E-state index is 13.4. The first-order chi connectivity index (χ1) is 39.2. The van der Waals surface area contributed by atoms with Crippen LogP contribution >= 0.6 is 0 Å². The second kappa shape index (κ2) is 56.8. The third-order valence-corrected chi connectivity index (χ3v) is 15.6. The minimum atomic E-state index is -1.62. The number of carbonyl (C=O) groups excluding carboxylic acids is 2. The molecule has 11 heteroatoms. The van der Waals surface area contributed by atoms with Gasteiger partial charge in [-0.2, -0.15) is 0 Å². The number of ether oxygens (including phenoxy) is 3. The molecule has 466 valence electrons. The van der Waals surface area contributed by atoms with Gasteiger partial charge in [0, 0.05) is 6.42 Å². The largest absolute Gasteiger partial charge is 0.454 e. The molecule has 0 radical (unpaired) electrons.